The molecule has 0 saturated heterocycles. The van der Waals surface area contributed by atoms with Crippen molar-refractivity contribution >= 4 is 10.9 Å². The van der Waals surface area contributed by atoms with E-state index < -0.39 is 0 Å². The monoisotopic (exact) mass is 213 g/mol. The molecule has 3 rings (SSSR count). The van der Waals surface area contributed by atoms with E-state index in [9.17, 15) is 0 Å². The molecule has 84 valence electrons. The van der Waals surface area contributed by atoms with Crippen LogP contribution in [-0.2, 0) is 0 Å². The Hall–Kier alpha value is -1.24. The fourth-order valence-electron chi connectivity index (χ4n) is 2.91. The van der Waals surface area contributed by atoms with Crippen LogP contribution in [0.1, 0.15) is 49.3 Å². The third-order valence-electron chi connectivity index (χ3n) is 3.84. The lowest BCUT2D eigenvalue weighted by molar-refractivity contribution is 0.438. The van der Waals surface area contributed by atoms with Crippen molar-refractivity contribution in [1.29, 1.82) is 0 Å². The minimum absolute atomic E-state index is 0.779. The summed E-state index contributed by atoms with van der Waals surface area (Å²) in [4.78, 5) is 3.59. The normalized spacial score (nSPS) is 18.1. The highest BCUT2D eigenvalue weighted by molar-refractivity contribution is 5.81. The minimum atomic E-state index is 0.779. The number of fused-ring (bicyclic) bond motifs is 1. The molecule has 16 heavy (non-hydrogen) atoms. The number of aryl methyl sites for hydroxylation is 1. The number of aromatic amines is 1. The second kappa shape index (κ2) is 3.97. The number of hydrogen-bond donors (Lipinski definition) is 1. The summed E-state index contributed by atoms with van der Waals surface area (Å²) in [6.45, 7) is 2.16. The van der Waals surface area contributed by atoms with Gasteiger partial charge in [0.15, 0.2) is 0 Å². The molecule has 0 amide bonds. The predicted molar refractivity (Wildman–Crippen MR) is 68.9 cm³/mol. The highest BCUT2D eigenvalue weighted by atomic mass is 14.7. The van der Waals surface area contributed by atoms with Crippen molar-refractivity contribution in [1.82, 2.24) is 4.98 Å². The molecule has 1 nitrogen and oxygen atoms in total. The molecule has 0 atom stereocenters. The van der Waals surface area contributed by atoms with Crippen LogP contribution < -0.4 is 0 Å². The highest BCUT2D eigenvalue weighted by Gasteiger charge is 2.17. The topological polar surface area (TPSA) is 15.8 Å². The molecule has 1 aliphatic rings. The van der Waals surface area contributed by atoms with Gasteiger partial charge in [0.05, 0.1) is 0 Å². The van der Waals surface area contributed by atoms with E-state index in [1.807, 2.05) is 0 Å². The Labute approximate surface area is 96.9 Å². The molecule has 1 aliphatic carbocycles. The first-order valence-electron chi connectivity index (χ1n) is 6.42. The van der Waals surface area contributed by atoms with Crippen molar-refractivity contribution in [2.45, 2.75) is 44.9 Å². The minimum Gasteiger partial charge on any atom is -0.358 e. The summed E-state index contributed by atoms with van der Waals surface area (Å²) in [5.41, 5.74) is 4.10. The molecule has 1 fully saturated rings. The first kappa shape index (κ1) is 9.95. The molecule has 1 heterocycles. The van der Waals surface area contributed by atoms with Crippen LogP contribution >= 0.6 is 0 Å². The third kappa shape index (κ3) is 1.75. The Balaban J connectivity index is 1.97. The van der Waals surface area contributed by atoms with Crippen LogP contribution in [0.2, 0.25) is 0 Å². The number of benzene rings is 1. The van der Waals surface area contributed by atoms with Crippen LogP contribution in [0.15, 0.2) is 24.3 Å². The molecule has 1 aromatic heterocycles. The van der Waals surface area contributed by atoms with Crippen molar-refractivity contribution in [2.24, 2.45) is 0 Å². The molecule has 1 aromatic carbocycles. The van der Waals surface area contributed by atoms with Gasteiger partial charge in [-0.1, -0.05) is 30.9 Å². The van der Waals surface area contributed by atoms with Crippen LogP contribution in [0.3, 0.4) is 0 Å². The molecule has 0 aliphatic heterocycles. The Morgan fingerprint density at radius 3 is 2.69 bits per heavy atom. The zero-order chi connectivity index (χ0) is 11.0. The maximum absolute atomic E-state index is 3.59. The summed E-state index contributed by atoms with van der Waals surface area (Å²) in [6, 6.07) is 9.02. The second-order valence-electron chi connectivity index (χ2n) is 5.15. The SMILES string of the molecule is Cc1ccc2[nH]c(C3CCCCC3)cc2c1. The average molecular weight is 213 g/mol. The van der Waals surface area contributed by atoms with Gasteiger partial charge in [0.25, 0.3) is 0 Å². The van der Waals surface area contributed by atoms with Crippen LogP contribution in [-0.4, -0.2) is 4.98 Å². The summed E-state index contributed by atoms with van der Waals surface area (Å²) in [6.07, 6.45) is 6.96. The molecule has 0 unspecified atom stereocenters. The number of nitrogens with one attached hydrogen (secondary N) is 1. The maximum Gasteiger partial charge on any atom is 0.0456 e. The van der Waals surface area contributed by atoms with Crippen LogP contribution in [0.25, 0.3) is 10.9 Å². The van der Waals surface area contributed by atoms with Crippen LogP contribution in [0, 0.1) is 6.92 Å². The highest BCUT2D eigenvalue weighted by Crippen LogP contribution is 2.33. The number of hydrogen-bond acceptors (Lipinski definition) is 0. The van der Waals surface area contributed by atoms with Gasteiger partial charge in [-0.05, 0) is 49.3 Å². The van der Waals surface area contributed by atoms with E-state index in [0.717, 1.165) is 5.92 Å². The van der Waals surface area contributed by atoms with Gasteiger partial charge in [0, 0.05) is 11.2 Å². The van der Waals surface area contributed by atoms with Gasteiger partial charge in [0.1, 0.15) is 0 Å². The lowest BCUT2D eigenvalue weighted by atomic mass is 9.87. The lowest BCUT2D eigenvalue weighted by Crippen LogP contribution is -2.04. The standard InChI is InChI=1S/C15H19N/c1-11-7-8-14-13(9-11)10-15(16-14)12-5-3-2-4-6-12/h7-10,12,16H,2-6H2,1H3. The molecule has 0 bridgehead atoms. The average Bonchev–Trinajstić information content (AvgIpc) is 2.73. The molecular weight excluding hydrogens is 194 g/mol. The van der Waals surface area contributed by atoms with E-state index in [4.69, 9.17) is 0 Å². The van der Waals surface area contributed by atoms with Crippen molar-refractivity contribution in [3.8, 4) is 0 Å². The molecule has 0 radical (unpaired) electrons. The molecular formula is C15H19N. The zero-order valence-corrected chi connectivity index (χ0v) is 9.92. The number of H-pyrrole nitrogens is 1. The summed E-state index contributed by atoms with van der Waals surface area (Å²) in [5, 5.41) is 1.38. The van der Waals surface area contributed by atoms with Gasteiger partial charge in [-0.3, -0.25) is 0 Å². The van der Waals surface area contributed by atoms with Gasteiger partial charge in [-0.25, -0.2) is 0 Å². The van der Waals surface area contributed by atoms with E-state index in [2.05, 4.69) is 36.2 Å². The predicted octanol–water partition coefficient (Wildman–Crippen LogP) is 4.52. The van der Waals surface area contributed by atoms with E-state index in [0.29, 0.717) is 0 Å². The van der Waals surface area contributed by atoms with Crippen molar-refractivity contribution < 1.29 is 0 Å². The largest absolute Gasteiger partial charge is 0.358 e. The van der Waals surface area contributed by atoms with E-state index in [-0.39, 0.29) is 0 Å². The van der Waals surface area contributed by atoms with Gasteiger partial charge >= 0.3 is 0 Å². The number of rotatable bonds is 1. The smallest absolute Gasteiger partial charge is 0.0456 e. The van der Waals surface area contributed by atoms with E-state index in [1.54, 1.807) is 0 Å². The van der Waals surface area contributed by atoms with Gasteiger partial charge in [-0.15, -0.1) is 0 Å². The Morgan fingerprint density at radius 1 is 1.06 bits per heavy atom. The fourth-order valence-corrected chi connectivity index (χ4v) is 2.91. The second-order valence-corrected chi connectivity index (χ2v) is 5.15. The summed E-state index contributed by atoms with van der Waals surface area (Å²) in [7, 11) is 0. The summed E-state index contributed by atoms with van der Waals surface area (Å²) in [5.74, 6) is 0.779. The molecule has 0 spiro atoms. The third-order valence-corrected chi connectivity index (χ3v) is 3.84. The summed E-state index contributed by atoms with van der Waals surface area (Å²) < 4.78 is 0. The van der Waals surface area contributed by atoms with Crippen molar-refractivity contribution in [2.75, 3.05) is 0 Å². The first-order valence-corrected chi connectivity index (χ1v) is 6.42. The zero-order valence-electron chi connectivity index (χ0n) is 9.92. The Morgan fingerprint density at radius 2 is 1.88 bits per heavy atom. The first-order chi connectivity index (χ1) is 7.83. The maximum atomic E-state index is 3.59. The quantitative estimate of drug-likeness (QED) is 0.716. The summed E-state index contributed by atoms with van der Waals surface area (Å²) >= 11 is 0. The molecule has 2 aromatic rings. The van der Waals surface area contributed by atoms with Crippen molar-refractivity contribution in [3.63, 3.8) is 0 Å². The van der Waals surface area contributed by atoms with Crippen LogP contribution in [0.5, 0.6) is 0 Å². The Kier molecular flexibility index (Phi) is 2.47. The molecule has 1 N–H and O–H groups in total. The molecule has 1 heteroatoms. The van der Waals surface area contributed by atoms with Crippen molar-refractivity contribution in [3.05, 3.63) is 35.5 Å². The van der Waals surface area contributed by atoms with Gasteiger partial charge < -0.3 is 4.98 Å². The fraction of sp³-hybridized carbons (Fsp3) is 0.467. The van der Waals surface area contributed by atoms with Gasteiger partial charge in [0.2, 0.25) is 0 Å². The molecule has 1 saturated carbocycles. The van der Waals surface area contributed by atoms with E-state index in [1.165, 1.54) is 54.3 Å². The van der Waals surface area contributed by atoms with Crippen LogP contribution in [0.4, 0.5) is 0 Å². The lowest BCUT2D eigenvalue weighted by Gasteiger charge is -2.20. The Bertz CT molecular complexity index is 489. The number of aromatic nitrogens is 1. The van der Waals surface area contributed by atoms with Gasteiger partial charge in [-0.2, -0.15) is 0 Å². The van der Waals surface area contributed by atoms with E-state index >= 15 is 0 Å².